The highest BCUT2D eigenvalue weighted by molar-refractivity contribution is 7.93. The monoisotopic (exact) mass is 568 g/mol. The highest BCUT2D eigenvalue weighted by Gasteiger charge is 2.35. The number of anilines is 1. The van der Waals surface area contributed by atoms with Crippen molar-refractivity contribution in [2.45, 2.75) is 27.7 Å². The van der Waals surface area contributed by atoms with Crippen molar-refractivity contribution in [1.82, 2.24) is 14.5 Å². The van der Waals surface area contributed by atoms with Gasteiger partial charge >= 0.3 is 0 Å². The highest BCUT2D eigenvalue weighted by Crippen LogP contribution is 2.41. The normalized spacial score (nSPS) is 12.9. The van der Waals surface area contributed by atoms with Crippen molar-refractivity contribution in [3.63, 3.8) is 0 Å². The Kier molecular flexibility index (Phi) is 6.36. The molecule has 1 unspecified atom stereocenters. The number of nitrogens with zero attached hydrogens (tertiary/aromatic N) is 3. The fourth-order valence-electron chi connectivity index (χ4n) is 4.75. The van der Waals surface area contributed by atoms with E-state index in [1.165, 1.54) is 24.3 Å². The second-order valence-electron chi connectivity index (χ2n) is 9.25. The lowest BCUT2D eigenvalue weighted by Gasteiger charge is -2.20. The van der Waals surface area contributed by atoms with E-state index in [9.17, 15) is 16.8 Å². The van der Waals surface area contributed by atoms with Crippen LogP contribution in [0.5, 0.6) is 0 Å². The van der Waals surface area contributed by atoms with E-state index < -0.39 is 25.9 Å². The first kappa shape index (κ1) is 25.7. The van der Waals surface area contributed by atoms with Crippen LogP contribution in [0.25, 0.3) is 22.2 Å². The summed E-state index contributed by atoms with van der Waals surface area (Å²) in [5.74, 6) is -0.130. The second kappa shape index (κ2) is 9.89. The summed E-state index contributed by atoms with van der Waals surface area (Å²) in [5, 5.41) is 0. The number of aromatic nitrogens is 3. The quantitative estimate of drug-likeness (QED) is 0.260. The van der Waals surface area contributed by atoms with Crippen molar-refractivity contribution >= 4 is 47.9 Å². The molecular formula is C30H24N4O4S2. The van der Waals surface area contributed by atoms with Crippen molar-refractivity contribution in [2.24, 2.45) is 0 Å². The number of sulfone groups is 1. The van der Waals surface area contributed by atoms with Gasteiger partial charge in [-0.15, -0.1) is 0 Å². The largest absolute Gasteiger partial charge is 0.302 e. The van der Waals surface area contributed by atoms with Crippen LogP contribution < -0.4 is 4.72 Å². The average molecular weight is 569 g/mol. The minimum atomic E-state index is -4.26. The fraction of sp³-hybridized carbons (Fsp3) is 0.0667. The molecule has 6 rings (SSSR count). The maximum Gasteiger partial charge on any atom is 0.263 e. The smallest absolute Gasteiger partial charge is 0.263 e. The molecule has 10 heteroatoms. The van der Waals surface area contributed by atoms with E-state index in [1.54, 1.807) is 59.2 Å². The molecule has 40 heavy (non-hydrogen) atoms. The maximum atomic E-state index is 14.3. The predicted molar refractivity (Wildman–Crippen MR) is 154 cm³/mol. The molecule has 0 bridgehead atoms. The number of nitrogens with one attached hydrogen (secondary N) is 1. The molecule has 0 radical (unpaired) electrons. The first-order valence-electron chi connectivity index (χ1n) is 12.5. The van der Waals surface area contributed by atoms with E-state index in [-0.39, 0.29) is 31.7 Å². The first-order chi connectivity index (χ1) is 19.3. The first-order valence-corrected chi connectivity index (χ1v) is 15.5. The van der Waals surface area contributed by atoms with Crippen LogP contribution in [0.15, 0.2) is 130 Å². The summed E-state index contributed by atoms with van der Waals surface area (Å²) < 4.78 is 60.2. The van der Waals surface area contributed by atoms with Crippen LogP contribution in [0.2, 0.25) is 0 Å². The Morgan fingerprint density at radius 3 is 1.75 bits per heavy atom. The van der Waals surface area contributed by atoms with E-state index in [2.05, 4.69) is 4.72 Å². The Morgan fingerprint density at radius 1 is 0.650 bits per heavy atom. The zero-order chi connectivity index (χ0) is 27.9. The summed E-state index contributed by atoms with van der Waals surface area (Å²) >= 11 is 0. The molecule has 0 saturated heterocycles. The summed E-state index contributed by atoms with van der Waals surface area (Å²) in [6, 6.07) is 31.7. The van der Waals surface area contributed by atoms with Crippen LogP contribution in [0.1, 0.15) is 18.5 Å². The summed E-state index contributed by atoms with van der Waals surface area (Å²) in [7, 11) is -8.47. The Hall–Kier alpha value is -4.54. The van der Waals surface area contributed by atoms with E-state index in [4.69, 9.17) is 9.97 Å². The van der Waals surface area contributed by atoms with Gasteiger partial charge < -0.3 is 4.57 Å². The van der Waals surface area contributed by atoms with Gasteiger partial charge in [0.2, 0.25) is 9.84 Å². The van der Waals surface area contributed by atoms with E-state index in [0.717, 1.165) is 5.56 Å². The summed E-state index contributed by atoms with van der Waals surface area (Å²) in [6.07, 6.45) is 0. The lowest BCUT2D eigenvalue weighted by molar-refractivity contribution is 0.595. The van der Waals surface area contributed by atoms with Crippen molar-refractivity contribution in [1.29, 1.82) is 0 Å². The Labute approximate surface area is 231 Å². The molecule has 1 N–H and O–H groups in total. The van der Waals surface area contributed by atoms with Gasteiger partial charge in [0.15, 0.2) is 5.65 Å². The number of para-hydroxylation sites is 2. The minimum Gasteiger partial charge on any atom is -0.302 e. The van der Waals surface area contributed by atoms with Gasteiger partial charge in [0.05, 0.1) is 26.9 Å². The molecule has 6 aromatic rings. The van der Waals surface area contributed by atoms with Gasteiger partial charge in [0.25, 0.3) is 10.0 Å². The van der Waals surface area contributed by atoms with E-state index in [0.29, 0.717) is 11.0 Å². The number of hydrogen-bond acceptors (Lipinski definition) is 6. The summed E-state index contributed by atoms with van der Waals surface area (Å²) in [4.78, 5) is 9.30. The highest BCUT2D eigenvalue weighted by atomic mass is 32.2. The molecule has 8 nitrogen and oxygen atoms in total. The molecule has 1 atom stereocenters. The molecule has 0 spiro atoms. The molecule has 0 aliphatic heterocycles. The molecule has 200 valence electrons. The molecule has 0 saturated carbocycles. The van der Waals surface area contributed by atoms with Crippen molar-refractivity contribution < 1.29 is 16.8 Å². The molecule has 0 amide bonds. The van der Waals surface area contributed by atoms with Crippen LogP contribution in [-0.2, 0) is 19.9 Å². The molecule has 0 aliphatic carbocycles. The lowest BCUT2D eigenvalue weighted by Crippen LogP contribution is -2.20. The summed E-state index contributed by atoms with van der Waals surface area (Å²) in [5.41, 5.74) is 2.20. The predicted octanol–water partition coefficient (Wildman–Crippen LogP) is 5.83. The third kappa shape index (κ3) is 4.41. The minimum absolute atomic E-state index is 0.00620. The Balaban J connectivity index is 1.74. The standard InChI is InChI=1S/C30H24N4O4S2/c1-21(22-13-5-2-6-14-22)34-29-27(31-25-19-11-12-20-26(25)32-29)28(39(35,36)23-15-7-3-8-16-23)30(34)33-40(37,38)24-17-9-4-10-18-24/h2-21,33H,1H3. The zero-order valence-corrected chi connectivity index (χ0v) is 23.0. The SMILES string of the molecule is CC(c1ccccc1)n1c(NS(=O)(=O)c2ccccc2)c(S(=O)(=O)c2ccccc2)c2nc3ccccc3nc21. The number of fused-ring (bicyclic) bond motifs is 2. The van der Waals surface area contributed by atoms with Gasteiger partial charge in [0, 0.05) is 0 Å². The number of benzene rings is 4. The number of rotatable bonds is 7. The van der Waals surface area contributed by atoms with Gasteiger partial charge in [-0.2, -0.15) is 0 Å². The van der Waals surface area contributed by atoms with E-state index in [1.807, 2.05) is 43.3 Å². The van der Waals surface area contributed by atoms with Crippen LogP contribution in [0, 0.1) is 0 Å². The molecule has 2 aromatic heterocycles. The fourth-order valence-corrected chi connectivity index (χ4v) is 7.45. The third-order valence-corrected chi connectivity index (χ3v) is 9.90. The van der Waals surface area contributed by atoms with Crippen LogP contribution >= 0.6 is 0 Å². The molecule has 2 heterocycles. The summed E-state index contributed by atoms with van der Waals surface area (Å²) in [6.45, 7) is 1.87. The average Bonchev–Trinajstić information content (AvgIpc) is 3.29. The number of sulfonamides is 1. The van der Waals surface area contributed by atoms with Crippen LogP contribution in [0.4, 0.5) is 5.82 Å². The topological polar surface area (TPSA) is 111 Å². The maximum absolute atomic E-state index is 14.3. The van der Waals surface area contributed by atoms with Crippen molar-refractivity contribution in [3.8, 4) is 0 Å². The van der Waals surface area contributed by atoms with Gasteiger partial charge in [0.1, 0.15) is 16.2 Å². The Morgan fingerprint density at radius 2 is 1.15 bits per heavy atom. The zero-order valence-electron chi connectivity index (χ0n) is 21.3. The molecule has 0 aliphatic rings. The van der Waals surface area contributed by atoms with Gasteiger partial charge in [-0.1, -0.05) is 78.9 Å². The molecule has 0 fully saturated rings. The third-order valence-electron chi connectivity index (χ3n) is 6.73. The van der Waals surface area contributed by atoms with Gasteiger partial charge in [-0.3, -0.25) is 4.72 Å². The van der Waals surface area contributed by atoms with Crippen molar-refractivity contribution in [2.75, 3.05) is 4.72 Å². The second-order valence-corrected chi connectivity index (χ2v) is 12.8. The number of hydrogen-bond donors (Lipinski definition) is 1. The lowest BCUT2D eigenvalue weighted by atomic mass is 10.1. The Bertz CT molecular complexity index is 2060. The molecule has 4 aromatic carbocycles. The molecular weight excluding hydrogens is 544 g/mol. The van der Waals surface area contributed by atoms with Crippen LogP contribution in [-0.4, -0.2) is 31.4 Å². The van der Waals surface area contributed by atoms with Gasteiger partial charge in [-0.25, -0.2) is 26.8 Å². The van der Waals surface area contributed by atoms with E-state index >= 15 is 0 Å². The van der Waals surface area contributed by atoms with Crippen LogP contribution in [0.3, 0.4) is 0 Å². The van der Waals surface area contributed by atoms with Crippen molar-refractivity contribution in [3.05, 3.63) is 121 Å². The van der Waals surface area contributed by atoms with Gasteiger partial charge in [-0.05, 0) is 48.9 Å².